The van der Waals surface area contributed by atoms with Crippen molar-refractivity contribution in [3.63, 3.8) is 0 Å². The average molecular weight is 292 g/mol. The highest BCUT2D eigenvalue weighted by molar-refractivity contribution is 5.56. The molecule has 4 nitrogen and oxygen atoms in total. The highest BCUT2D eigenvalue weighted by Gasteiger charge is 2.23. The van der Waals surface area contributed by atoms with Crippen LogP contribution in [-0.4, -0.2) is 44.4 Å². The van der Waals surface area contributed by atoms with Gasteiger partial charge in [0, 0.05) is 18.0 Å². The van der Waals surface area contributed by atoms with E-state index in [0.29, 0.717) is 0 Å². The molecule has 0 aliphatic carbocycles. The molecule has 1 aliphatic heterocycles. The van der Waals surface area contributed by atoms with Crippen molar-refractivity contribution in [2.75, 3.05) is 51.4 Å². The van der Waals surface area contributed by atoms with Crippen molar-refractivity contribution in [3.05, 3.63) is 23.8 Å². The molecule has 1 aliphatic rings. The van der Waals surface area contributed by atoms with Crippen molar-refractivity contribution in [2.24, 2.45) is 0 Å². The largest absolute Gasteiger partial charge is 0.399 e. The Hall–Kier alpha value is -1.26. The van der Waals surface area contributed by atoms with E-state index in [9.17, 15) is 0 Å². The minimum atomic E-state index is 0.728. The summed E-state index contributed by atoms with van der Waals surface area (Å²) >= 11 is 0. The van der Waals surface area contributed by atoms with Crippen molar-refractivity contribution in [2.45, 2.75) is 32.1 Å². The van der Waals surface area contributed by atoms with Gasteiger partial charge in [-0.3, -0.25) is 0 Å². The number of hydrogen-bond donors (Lipinski definition) is 2. The molecule has 0 bridgehead atoms. The van der Waals surface area contributed by atoms with Crippen molar-refractivity contribution < 1.29 is 9.22 Å². The standard InChI is InChI=1S/C17H30N3O/c1-20(9-3-2-4-10-20)11-13-21-12-5-6-15-7-8-16(18)14-17(15)19/h7-8,14H,2-6,9-13,18-19H2,1H3/q+1. The van der Waals surface area contributed by atoms with Gasteiger partial charge in [0.25, 0.3) is 0 Å². The third-order valence-corrected chi connectivity index (χ3v) is 4.58. The number of nitrogens with two attached hydrogens (primary N) is 2. The first kappa shape index (κ1) is 16.1. The summed E-state index contributed by atoms with van der Waals surface area (Å²) in [6.07, 6.45) is 6.10. The molecule has 1 fully saturated rings. The second-order valence-corrected chi connectivity index (χ2v) is 6.53. The number of likely N-dealkylation sites (tertiary alicyclic amines) is 1. The fourth-order valence-corrected chi connectivity index (χ4v) is 3.09. The summed E-state index contributed by atoms with van der Waals surface area (Å²) in [5, 5.41) is 0. The molecule has 0 aromatic heterocycles. The van der Waals surface area contributed by atoms with Crippen LogP contribution in [0.15, 0.2) is 18.2 Å². The van der Waals surface area contributed by atoms with Crippen LogP contribution in [0.4, 0.5) is 11.4 Å². The summed E-state index contributed by atoms with van der Waals surface area (Å²) in [5.74, 6) is 0. The van der Waals surface area contributed by atoms with Crippen LogP contribution in [0.2, 0.25) is 0 Å². The molecule has 1 aromatic rings. The smallest absolute Gasteiger partial charge is 0.102 e. The molecule has 4 heteroatoms. The Balaban J connectivity index is 1.59. The molecular weight excluding hydrogens is 262 g/mol. The van der Waals surface area contributed by atoms with E-state index < -0.39 is 0 Å². The predicted octanol–water partition coefficient (Wildman–Crippen LogP) is 2.43. The maximum atomic E-state index is 5.95. The number of nitrogen functional groups attached to an aromatic ring is 2. The molecule has 0 amide bonds. The normalized spacial score (nSPS) is 17.8. The van der Waals surface area contributed by atoms with Crippen molar-refractivity contribution in [1.29, 1.82) is 0 Å². The lowest BCUT2D eigenvalue weighted by Gasteiger charge is -2.37. The van der Waals surface area contributed by atoms with E-state index in [1.807, 2.05) is 18.2 Å². The van der Waals surface area contributed by atoms with Gasteiger partial charge in [-0.1, -0.05) is 6.07 Å². The monoisotopic (exact) mass is 292 g/mol. The highest BCUT2D eigenvalue weighted by atomic mass is 16.5. The molecule has 1 saturated heterocycles. The highest BCUT2D eigenvalue weighted by Crippen LogP contribution is 2.17. The molecular formula is C17H30N3O+. The van der Waals surface area contributed by atoms with E-state index in [1.165, 1.54) is 42.4 Å². The van der Waals surface area contributed by atoms with E-state index in [0.717, 1.165) is 44.0 Å². The zero-order valence-corrected chi connectivity index (χ0v) is 13.3. The molecule has 118 valence electrons. The van der Waals surface area contributed by atoms with Gasteiger partial charge in [-0.2, -0.15) is 0 Å². The zero-order chi connectivity index (χ0) is 15.1. The third-order valence-electron chi connectivity index (χ3n) is 4.58. The summed E-state index contributed by atoms with van der Waals surface area (Å²) < 4.78 is 6.99. The number of anilines is 2. The Labute approximate surface area is 128 Å². The van der Waals surface area contributed by atoms with Crippen LogP contribution in [0.25, 0.3) is 0 Å². The summed E-state index contributed by atoms with van der Waals surface area (Å²) in [7, 11) is 2.36. The number of benzene rings is 1. The third kappa shape index (κ3) is 5.21. The summed E-state index contributed by atoms with van der Waals surface area (Å²) in [4.78, 5) is 0. The molecule has 4 N–H and O–H groups in total. The van der Waals surface area contributed by atoms with E-state index in [4.69, 9.17) is 16.2 Å². The van der Waals surface area contributed by atoms with Crippen LogP contribution in [0.3, 0.4) is 0 Å². The van der Waals surface area contributed by atoms with Gasteiger partial charge < -0.3 is 20.7 Å². The number of aryl methyl sites for hydroxylation is 1. The van der Waals surface area contributed by atoms with E-state index in [-0.39, 0.29) is 0 Å². The van der Waals surface area contributed by atoms with E-state index in [1.54, 1.807) is 0 Å². The lowest BCUT2D eigenvalue weighted by molar-refractivity contribution is -0.914. The Morgan fingerprint density at radius 1 is 1.10 bits per heavy atom. The van der Waals surface area contributed by atoms with Gasteiger partial charge in [-0.05, 0) is 49.8 Å². The van der Waals surface area contributed by atoms with Gasteiger partial charge >= 0.3 is 0 Å². The Bertz CT molecular complexity index is 442. The van der Waals surface area contributed by atoms with Gasteiger partial charge in [0.05, 0.1) is 26.7 Å². The number of piperidine rings is 1. The molecule has 1 aromatic carbocycles. The van der Waals surface area contributed by atoms with Crippen LogP contribution < -0.4 is 11.5 Å². The Morgan fingerprint density at radius 3 is 2.57 bits per heavy atom. The summed E-state index contributed by atoms with van der Waals surface area (Å²) in [6.45, 7) is 5.44. The van der Waals surface area contributed by atoms with Crippen LogP contribution in [0.5, 0.6) is 0 Å². The SMILES string of the molecule is C[N+]1(CCOCCCc2ccc(N)cc2N)CCCCC1. The maximum Gasteiger partial charge on any atom is 0.102 e. The average Bonchev–Trinajstić information content (AvgIpc) is 2.45. The van der Waals surface area contributed by atoms with Crippen molar-refractivity contribution in [3.8, 4) is 0 Å². The zero-order valence-electron chi connectivity index (χ0n) is 13.3. The van der Waals surface area contributed by atoms with Gasteiger partial charge in [0.1, 0.15) is 6.54 Å². The van der Waals surface area contributed by atoms with Crippen LogP contribution in [-0.2, 0) is 11.2 Å². The molecule has 21 heavy (non-hydrogen) atoms. The number of rotatable bonds is 7. The molecule has 0 spiro atoms. The van der Waals surface area contributed by atoms with Crippen LogP contribution in [0, 0.1) is 0 Å². The lowest BCUT2D eigenvalue weighted by atomic mass is 10.1. The topological polar surface area (TPSA) is 61.3 Å². The first-order valence-electron chi connectivity index (χ1n) is 8.14. The molecule has 0 radical (unpaired) electrons. The lowest BCUT2D eigenvalue weighted by Crippen LogP contribution is -2.49. The molecule has 0 unspecified atom stereocenters. The minimum Gasteiger partial charge on any atom is -0.399 e. The molecule has 2 rings (SSSR count). The Morgan fingerprint density at radius 2 is 1.86 bits per heavy atom. The van der Waals surface area contributed by atoms with E-state index in [2.05, 4.69) is 7.05 Å². The van der Waals surface area contributed by atoms with Crippen molar-refractivity contribution in [1.82, 2.24) is 0 Å². The van der Waals surface area contributed by atoms with Crippen LogP contribution in [0.1, 0.15) is 31.2 Å². The van der Waals surface area contributed by atoms with Gasteiger partial charge in [-0.15, -0.1) is 0 Å². The molecule has 0 saturated carbocycles. The second kappa shape index (κ2) is 7.66. The van der Waals surface area contributed by atoms with Gasteiger partial charge in [0.2, 0.25) is 0 Å². The fraction of sp³-hybridized carbons (Fsp3) is 0.647. The summed E-state index contributed by atoms with van der Waals surface area (Å²) in [5.41, 5.74) is 14.3. The van der Waals surface area contributed by atoms with E-state index >= 15 is 0 Å². The van der Waals surface area contributed by atoms with Crippen molar-refractivity contribution >= 4 is 11.4 Å². The first-order valence-corrected chi connectivity index (χ1v) is 8.14. The maximum absolute atomic E-state index is 5.95. The van der Waals surface area contributed by atoms with Gasteiger partial charge in [-0.25, -0.2) is 0 Å². The minimum absolute atomic E-state index is 0.728. The number of ether oxygens (including phenoxy) is 1. The molecule has 0 atom stereocenters. The van der Waals surface area contributed by atoms with Crippen LogP contribution >= 0.6 is 0 Å². The number of nitrogens with zero attached hydrogens (tertiary/aromatic N) is 1. The van der Waals surface area contributed by atoms with Gasteiger partial charge in [0.15, 0.2) is 0 Å². The predicted molar refractivity (Wildman–Crippen MR) is 89.0 cm³/mol. The second-order valence-electron chi connectivity index (χ2n) is 6.53. The number of hydrogen-bond acceptors (Lipinski definition) is 3. The number of likely N-dealkylation sites (N-methyl/N-ethyl adjacent to an activating group) is 1. The molecule has 1 heterocycles. The Kier molecular flexibility index (Phi) is 5.88. The fourth-order valence-electron chi connectivity index (χ4n) is 3.09. The first-order chi connectivity index (χ1) is 10.1. The summed E-state index contributed by atoms with van der Waals surface area (Å²) in [6, 6.07) is 5.76. The quantitative estimate of drug-likeness (QED) is 0.461. The number of quaternary nitrogens is 1.